The lowest BCUT2D eigenvalue weighted by molar-refractivity contribution is 0.131. The highest BCUT2D eigenvalue weighted by Gasteiger charge is 2.35. The fraction of sp³-hybridized carbons (Fsp3) is 0.556. The maximum absolute atomic E-state index is 14.3. The Labute approximate surface area is 229 Å². The minimum Gasteiger partial charge on any atom is -0.487 e. The molecule has 0 aliphatic carbocycles. The van der Waals surface area contributed by atoms with Gasteiger partial charge in [0, 0.05) is 56.7 Å². The Hall–Kier alpha value is -3.45. The molecule has 2 aromatic heterocycles. The number of rotatable bonds is 7. The molecular formula is C27H32F3N7O3. The topological polar surface area (TPSA) is 116 Å². The number of anilines is 2. The molecule has 214 valence electrons. The number of nitrogens with two attached hydrogens (primary N) is 1. The van der Waals surface area contributed by atoms with E-state index in [0.29, 0.717) is 42.8 Å². The van der Waals surface area contributed by atoms with Gasteiger partial charge in [0.05, 0.1) is 25.1 Å². The monoisotopic (exact) mass is 559 g/mol. The molecule has 6 rings (SSSR count). The summed E-state index contributed by atoms with van der Waals surface area (Å²) in [6, 6.07) is 1.52. The van der Waals surface area contributed by atoms with Crippen molar-refractivity contribution in [3.05, 3.63) is 53.4 Å². The van der Waals surface area contributed by atoms with Gasteiger partial charge in [-0.1, -0.05) is 5.16 Å². The van der Waals surface area contributed by atoms with Crippen molar-refractivity contribution < 1.29 is 27.2 Å². The highest BCUT2D eigenvalue weighted by molar-refractivity contribution is 5.39. The first kappa shape index (κ1) is 26.8. The number of benzene rings is 1. The van der Waals surface area contributed by atoms with E-state index < -0.39 is 29.4 Å². The fourth-order valence-corrected chi connectivity index (χ4v) is 5.81. The van der Waals surface area contributed by atoms with Crippen LogP contribution >= 0.6 is 0 Å². The van der Waals surface area contributed by atoms with Gasteiger partial charge < -0.3 is 29.5 Å². The molecule has 2 N–H and O–H groups in total. The van der Waals surface area contributed by atoms with Crippen LogP contribution in [0.4, 0.5) is 25.1 Å². The Morgan fingerprint density at radius 2 is 1.75 bits per heavy atom. The van der Waals surface area contributed by atoms with Crippen LogP contribution in [0.3, 0.4) is 0 Å². The zero-order valence-corrected chi connectivity index (χ0v) is 22.2. The van der Waals surface area contributed by atoms with E-state index in [9.17, 15) is 13.2 Å². The molecule has 3 aliphatic heterocycles. The number of hydrogen-bond acceptors (Lipinski definition) is 10. The molecule has 10 nitrogen and oxygen atoms in total. The molecule has 3 aromatic rings. The molecule has 0 amide bonds. The third kappa shape index (κ3) is 5.44. The van der Waals surface area contributed by atoms with E-state index in [4.69, 9.17) is 19.7 Å². The quantitative estimate of drug-likeness (QED) is 0.432. The molecule has 0 spiro atoms. The third-order valence-electron chi connectivity index (χ3n) is 8.22. The molecule has 3 fully saturated rings. The van der Waals surface area contributed by atoms with E-state index in [1.54, 1.807) is 12.4 Å². The number of ether oxygens (including phenoxy) is 2. The summed E-state index contributed by atoms with van der Waals surface area (Å²) in [5, 5.41) is 4.15. The maximum atomic E-state index is 14.3. The predicted octanol–water partition coefficient (Wildman–Crippen LogP) is 3.40. The third-order valence-corrected chi connectivity index (χ3v) is 8.22. The van der Waals surface area contributed by atoms with Gasteiger partial charge in [-0.25, -0.2) is 23.1 Å². The van der Waals surface area contributed by atoms with Crippen LogP contribution in [0, 0.1) is 23.4 Å². The second kappa shape index (κ2) is 11.2. The molecule has 5 heterocycles. The summed E-state index contributed by atoms with van der Waals surface area (Å²) in [5.41, 5.74) is 6.28. The van der Waals surface area contributed by atoms with E-state index in [0.717, 1.165) is 50.8 Å². The molecule has 0 saturated carbocycles. The number of aromatic nitrogens is 4. The van der Waals surface area contributed by atoms with Gasteiger partial charge in [0.15, 0.2) is 23.2 Å². The van der Waals surface area contributed by atoms with Crippen LogP contribution in [0.5, 0.6) is 5.75 Å². The highest BCUT2D eigenvalue weighted by Crippen LogP contribution is 2.32. The Bertz CT molecular complexity index is 1310. The number of nitrogens with zero attached hydrogens (tertiary/aromatic N) is 6. The SMILES string of the molecule is C[C@H](Oc1cnc(N2C[C@H](c3cc(F)c(F)cc3F)[C@@H](N)C2)nc1)C1CCN(c2nc([C@@H]3CCOC3)no2)CC1. The lowest BCUT2D eigenvalue weighted by atomic mass is 9.92. The lowest BCUT2D eigenvalue weighted by Gasteiger charge is -2.33. The minimum absolute atomic E-state index is 0.0496. The predicted molar refractivity (Wildman–Crippen MR) is 139 cm³/mol. The number of halogens is 3. The van der Waals surface area contributed by atoms with Crippen LogP contribution in [0.2, 0.25) is 0 Å². The largest absolute Gasteiger partial charge is 0.487 e. The first-order valence-electron chi connectivity index (χ1n) is 13.7. The molecule has 0 radical (unpaired) electrons. The Balaban J connectivity index is 1.01. The lowest BCUT2D eigenvalue weighted by Crippen LogP contribution is -2.38. The van der Waals surface area contributed by atoms with Crippen molar-refractivity contribution in [2.45, 2.75) is 50.2 Å². The fourth-order valence-electron chi connectivity index (χ4n) is 5.81. The number of piperidine rings is 1. The number of hydrogen-bond donors (Lipinski definition) is 1. The standard InChI is InChI=1S/C27H32F3N7O3/c1-15(16-2-5-36(6-3-16)27-34-25(35-40-27)17-4-7-38-14-17)39-18-10-32-26(33-11-18)37-12-20(24(31)13-37)19-8-22(29)23(30)9-21(19)28/h8-11,15-17,20,24H,2-7,12-14,31H2,1H3/t15-,17+,20+,24-/m0/s1. The summed E-state index contributed by atoms with van der Waals surface area (Å²) in [6.45, 7) is 5.66. The van der Waals surface area contributed by atoms with E-state index in [-0.39, 0.29) is 24.1 Å². The van der Waals surface area contributed by atoms with E-state index in [1.165, 1.54) is 0 Å². The van der Waals surface area contributed by atoms with Crippen LogP contribution in [0.25, 0.3) is 0 Å². The summed E-state index contributed by atoms with van der Waals surface area (Å²) in [4.78, 5) is 17.4. The summed E-state index contributed by atoms with van der Waals surface area (Å²) in [5.74, 6) is -1.42. The second-order valence-corrected chi connectivity index (χ2v) is 10.8. The summed E-state index contributed by atoms with van der Waals surface area (Å²) < 4.78 is 58.5. The zero-order chi connectivity index (χ0) is 27.8. The van der Waals surface area contributed by atoms with Gasteiger partial charge in [0.1, 0.15) is 5.82 Å². The normalized spacial score (nSPS) is 24.6. The van der Waals surface area contributed by atoms with Gasteiger partial charge in [0.2, 0.25) is 5.95 Å². The van der Waals surface area contributed by atoms with Gasteiger partial charge in [-0.05, 0) is 43.7 Å². The Morgan fingerprint density at radius 3 is 2.48 bits per heavy atom. The molecule has 13 heteroatoms. The van der Waals surface area contributed by atoms with E-state index >= 15 is 0 Å². The molecule has 1 aromatic carbocycles. The first-order chi connectivity index (χ1) is 19.4. The zero-order valence-electron chi connectivity index (χ0n) is 22.2. The van der Waals surface area contributed by atoms with E-state index in [1.807, 2.05) is 11.8 Å². The highest BCUT2D eigenvalue weighted by atomic mass is 19.2. The summed E-state index contributed by atoms with van der Waals surface area (Å²) in [7, 11) is 0. The van der Waals surface area contributed by atoms with Gasteiger partial charge in [0.25, 0.3) is 0 Å². The molecule has 0 bridgehead atoms. The smallest absolute Gasteiger partial charge is 0.324 e. The molecule has 3 aliphatic rings. The molecule has 0 unspecified atom stereocenters. The second-order valence-electron chi connectivity index (χ2n) is 10.8. The van der Waals surface area contributed by atoms with Crippen LogP contribution in [-0.2, 0) is 4.74 Å². The van der Waals surface area contributed by atoms with Crippen LogP contribution < -0.4 is 20.3 Å². The summed E-state index contributed by atoms with van der Waals surface area (Å²) >= 11 is 0. The Morgan fingerprint density at radius 1 is 1.00 bits per heavy atom. The van der Waals surface area contributed by atoms with Crippen molar-refractivity contribution >= 4 is 12.0 Å². The molecular weight excluding hydrogens is 527 g/mol. The average molecular weight is 560 g/mol. The van der Waals surface area contributed by atoms with Crippen molar-refractivity contribution in [3.63, 3.8) is 0 Å². The molecule has 4 atom stereocenters. The van der Waals surface area contributed by atoms with Crippen LogP contribution in [0.1, 0.15) is 49.4 Å². The van der Waals surface area contributed by atoms with Crippen LogP contribution in [0.15, 0.2) is 29.0 Å². The van der Waals surface area contributed by atoms with Crippen molar-refractivity contribution in [1.82, 2.24) is 20.1 Å². The van der Waals surface area contributed by atoms with Crippen molar-refractivity contribution in [2.24, 2.45) is 11.7 Å². The molecule has 40 heavy (non-hydrogen) atoms. The van der Waals surface area contributed by atoms with Gasteiger partial charge in [-0.3, -0.25) is 0 Å². The van der Waals surface area contributed by atoms with Crippen LogP contribution in [-0.4, -0.2) is 71.6 Å². The summed E-state index contributed by atoms with van der Waals surface area (Å²) in [6.07, 6.45) is 5.92. The molecule has 3 saturated heterocycles. The van der Waals surface area contributed by atoms with E-state index in [2.05, 4.69) is 25.0 Å². The van der Waals surface area contributed by atoms with Gasteiger partial charge >= 0.3 is 6.01 Å². The van der Waals surface area contributed by atoms with Crippen molar-refractivity contribution in [3.8, 4) is 5.75 Å². The Kier molecular flexibility index (Phi) is 7.49. The minimum atomic E-state index is -1.22. The van der Waals surface area contributed by atoms with Crippen molar-refractivity contribution in [1.29, 1.82) is 0 Å². The first-order valence-corrected chi connectivity index (χ1v) is 13.7. The van der Waals surface area contributed by atoms with Gasteiger partial charge in [-0.2, -0.15) is 4.98 Å². The van der Waals surface area contributed by atoms with Crippen molar-refractivity contribution in [2.75, 3.05) is 49.2 Å². The maximum Gasteiger partial charge on any atom is 0.324 e. The van der Waals surface area contributed by atoms with Gasteiger partial charge in [-0.15, -0.1) is 0 Å². The average Bonchev–Trinajstić information content (AvgIpc) is 3.73.